The maximum Gasteiger partial charge on any atom is 0.338 e. The number of methoxy groups -OCH3 is 1. The molecule has 1 aromatic heterocycles. The summed E-state index contributed by atoms with van der Waals surface area (Å²) in [5.41, 5.74) is 1.66. The Kier molecular flexibility index (Phi) is 7.53. The summed E-state index contributed by atoms with van der Waals surface area (Å²) in [7, 11) is 1.56. The molecule has 0 radical (unpaired) electrons. The van der Waals surface area contributed by atoms with Gasteiger partial charge < -0.3 is 14.6 Å². The molecule has 3 aromatic rings. The highest BCUT2D eigenvalue weighted by molar-refractivity contribution is 14.1. The molecule has 1 aliphatic heterocycles. The SMILES string of the molecule is COc1cccc([C@H]2C(C(=O)OC(C)C)=C(C)N=c3s/c(=C\c4cc(Br)cc(I)c4O)c(=O)n32)c1. The summed E-state index contributed by atoms with van der Waals surface area (Å²) in [4.78, 5) is 31.9. The van der Waals surface area contributed by atoms with E-state index in [2.05, 4.69) is 20.9 Å². The van der Waals surface area contributed by atoms with Crippen molar-refractivity contribution in [3.05, 3.63) is 86.5 Å². The quantitative estimate of drug-likeness (QED) is 0.324. The number of carbonyl (C=O) groups excluding carboxylic acids is 1. The smallest absolute Gasteiger partial charge is 0.338 e. The van der Waals surface area contributed by atoms with Gasteiger partial charge in [0.25, 0.3) is 5.56 Å². The van der Waals surface area contributed by atoms with Crippen LogP contribution in [-0.2, 0) is 9.53 Å². The average Bonchev–Trinajstić information content (AvgIpc) is 3.10. The van der Waals surface area contributed by atoms with Gasteiger partial charge in [0.05, 0.1) is 38.6 Å². The average molecular weight is 669 g/mol. The molecule has 1 N–H and O–H groups in total. The molecule has 1 atom stereocenters. The molecule has 0 saturated heterocycles. The summed E-state index contributed by atoms with van der Waals surface area (Å²) in [6.45, 7) is 5.29. The van der Waals surface area contributed by atoms with E-state index in [1.54, 1.807) is 58.2 Å². The van der Waals surface area contributed by atoms with Crippen molar-refractivity contribution in [3.63, 3.8) is 0 Å². The summed E-state index contributed by atoms with van der Waals surface area (Å²) in [5, 5.41) is 10.5. The fourth-order valence-electron chi connectivity index (χ4n) is 3.82. The van der Waals surface area contributed by atoms with Crippen LogP contribution in [0, 0.1) is 3.57 Å². The fourth-order valence-corrected chi connectivity index (χ4v) is 6.41. The van der Waals surface area contributed by atoms with Gasteiger partial charge in [-0.1, -0.05) is 39.4 Å². The Morgan fingerprint density at radius 2 is 2.06 bits per heavy atom. The van der Waals surface area contributed by atoms with Gasteiger partial charge in [-0.05, 0) is 79.3 Å². The molecule has 4 rings (SSSR count). The van der Waals surface area contributed by atoms with E-state index < -0.39 is 12.0 Å². The number of aromatic nitrogens is 1. The molecule has 0 spiro atoms. The molecule has 35 heavy (non-hydrogen) atoms. The highest BCUT2D eigenvalue weighted by Crippen LogP contribution is 2.33. The number of halogens is 2. The number of fused-ring (bicyclic) bond motifs is 1. The van der Waals surface area contributed by atoms with Gasteiger partial charge in [-0.25, -0.2) is 9.79 Å². The van der Waals surface area contributed by atoms with Crippen molar-refractivity contribution >= 4 is 61.9 Å². The van der Waals surface area contributed by atoms with Crippen LogP contribution in [0.5, 0.6) is 11.5 Å². The van der Waals surface area contributed by atoms with Crippen molar-refractivity contribution < 1.29 is 19.4 Å². The lowest BCUT2D eigenvalue weighted by Crippen LogP contribution is -2.40. The summed E-state index contributed by atoms with van der Waals surface area (Å²) in [6.07, 6.45) is 1.31. The normalized spacial score (nSPS) is 15.7. The number of allylic oxidation sites excluding steroid dienone is 1. The van der Waals surface area contributed by atoms with Gasteiger partial charge in [0, 0.05) is 10.0 Å². The van der Waals surface area contributed by atoms with Crippen LogP contribution in [-0.4, -0.2) is 28.9 Å². The second-order valence-corrected chi connectivity index (χ2v) is 11.2. The van der Waals surface area contributed by atoms with Crippen molar-refractivity contribution in [2.75, 3.05) is 7.11 Å². The van der Waals surface area contributed by atoms with Crippen LogP contribution in [0.3, 0.4) is 0 Å². The predicted octanol–water partition coefficient (Wildman–Crippen LogP) is 4.27. The van der Waals surface area contributed by atoms with Gasteiger partial charge in [-0.3, -0.25) is 9.36 Å². The van der Waals surface area contributed by atoms with Gasteiger partial charge in [0.15, 0.2) is 4.80 Å². The maximum atomic E-state index is 13.7. The Bertz CT molecular complexity index is 1540. The van der Waals surface area contributed by atoms with E-state index in [-0.39, 0.29) is 17.4 Å². The number of benzene rings is 2. The summed E-state index contributed by atoms with van der Waals surface area (Å²) < 4.78 is 14.2. The summed E-state index contributed by atoms with van der Waals surface area (Å²) >= 11 is 6.67. The van der Waals surface area contributed by atoms with E-state index in [9.17, 15) is 14.7 Å². The van der Waals surface area contributed by atoms with Gasteiger partial charge in [0.2, 0.25) is 0 Å². The van der Waals surface area contributed by atoms with E-state index in [0.717, 1.165) is 4.47 Å². The third kappa shape index (κ3) is 5.10. The summed E-state index contributed by atoms with van der Waals surface area (Å²) in [5.74, 6) is 0.161. The maximum absolute atomic E-state index is 13.7. The molecule has 2 heterocycles. The Morgan fingerprint density at radius 3 is 2.74 bits per heavy atom. The number of esters is 1. The number of nitrogens with zero attached hydrogens (tertiary/aromatic N) is 2. The van der Waals surface area contributed by atoms with Crippen LogP contribution in [0.1, 0.15) is 37.9 Å². The molecule has 0 fully saturated rings. The van der Waals surface area contributed by atoms with Crippen molar-refractivity contribution in [2.24, 2.45) is 4.99 Å². The zero-order chi connectivity index (χ0) is 25.4. The number of hydrogen-bond acceptors (Lipinski definition) is 7. The number of hydrogen-bond donors (Lipinski definition) is 1. The third-order valence-electron chi connectivity index (χ3n) is 5.34. The minimum Gasteiger partial charge on any atom is -0.506 e. The lowest BCUT2D eigenvalue weighted by atomic mass is 9.95. The molecule has 0 aliphatic carbocycles. The molecule has 7 nitrogen and oxygen atoms in total. The van der Waals surface area contributed by atoms with E-state index in [1.165, 1.54) is 15.9 Å². The second-order valence-electron chi connectivity index (χ2n) is 8.14. The Labute approximate surface area is 227 Å². The lowest BCUT2D eigenvalue weighted by Gasteiger charge is -2.25. The van der Waals surface area contributed by atoms with E-state index in [0.29, 0.717) is 41.1 Å². The van der Waals surface area contributed by atoms with Crippen molar-refractivity contribution in [1.29, 1.82) is 0 Å². The first kappa shape index (κ1) is 25.6. The summed E-state index contributed by atoms with van der Waals surface area (Å²) in [6, 6.07) is 10.0. The molecular weight excluding hydrogens is 647 g/mol. The zero-order valence-corrected chi connectivity index (χ0v) is 23.9. The Morgan fingerprint density at radius 1 is 1.31 bits per heavy atom. The number of thiazole rings is 1. The van der Waals surface area contributed by atoms with Gasteiger partial charge in [-0.2, -0.15) is 0 Å². The van der Waals surface area contributed by atoms with Crippen LogP contribution in [0.25, 0.3) is 6.08 Å². The van der Waals surface area contributed by atoms with Crippen LogP contribution in [0.4, 0.5) is 0 Å². The molecule has 0 amide bonds. The minimum absolute atomic E-state index is 0.0846. The Balaban J connectivity index is 1.98. The molecule has 2 aromatic carbocycles. The van der Waals surface area contributed by atoms with Crippen molar-refractivity contribution in [3.8, 4) is 11.5 Å². The van der Waals surface area contributed by atoms with Gasteiger partial charge in [-0.15, -0.1) is 0 Å². The largest absolute Gasteiger partial charge is 0.506 e. The number of rotatable bonds is 5. The van der Waals surface area contributed by atoms with Crippen LogP contribution < -0.4 is 19.6 Å². The van der Waals surface area contributed by atoms with Crippen molar-refractivity contribution in [2.45, 2.75) is 32.9 Å². The third-order valence-corrected chi connectivity index (χ3v) is 7.60. The highest BCUT2D eigenvalue weighted by atomic mass is 127. The molecule has 0 saturated carbocycles. The lowest BCUT2D eigenvalue weighted by molar-refractivity contribution is -0.143. The first-order valence-corrected chi connectivity index (χ1v) is 13.3. The predicted molar refractivity (Wildman–Crippen MR) is 147 cm³/mol. The minimum atomic E-state index is -0.744. The standard InChI is InChI=1S/C25H22BrIN2O5S/c1-12(2)34-24(32)20-13(3)28-25-29(21(20)14-6-5-7-17(9-14)33-4)23(31)19(35-25)10-15-8-16(26)11-18(27)22(15)30/h5-12,21,30H,1-4H3/b19-10-/t21-/m0/s1. The zero-order valence-electron chi connectivity index (χ0n) is 19.3. The molecular formula is C25H22BrIN2O5S. The number of ether oxygens (including phenoxy) is 2. The number of carbonyl (C=O) groups is 1. The molecule has 1 aliphatic rings. The van der Waals surface area contributed by atoms with Crippen LogP contribution in [0.2, 0.25) is 0 Å². The topological polar surface area (TPSA) is 90.1 Å². The van der Waals surface area contributed by atoms with Crippen LogP contribution in [0.15, 0.2) is 61.9 Å². The van der Waals surface area contributed by atoms with E-state index in [1.807, 2.05) is 34.7 Å². The molecule has 10 heteroatoms. The number of aromatic hydroxyl groups is 1. The Hall–Kier alpha value is -2.44. The van der Waals surface area contributed by atoms with E-state index in [4.69, 9.17) is 9.47 Å². The number of phenolic OH excluding ortho intramolecular Hbond substituents is 1. The first-order chi connectivity index (χ1) is 16.6. The highest BCUT2D eigenvalue weighted by Gasteiger charge is 2.34. The van der Waals surface area contributed by atoms with Gasteiger partial charge in [0.1, 0.15) is 11.5 Å². The molecule has 0 bridgehead atoms. The van der Waals surface area contributed by atoms with Crippen molar-refractivity contribution in [1.82, 2.24) is 4.57 Å². The second kappa shape index (κ2) is 10.3. The van der Waals surface area contributed by atoms with Crippen LogP contribution >= 0.6 is 49.9 Å². The molecule has 0 unspecified atom stereocenters. The first-order valence-electron chi connectivity index (χ1n) is 10.7. The van der Waals surface area contributed by atoms with Gasteiger partial charge >= 0.3 is 5.97 Å². The fraction of sp³-hybridized carbons (Fsp3) is 0.240. The van der Waals surface area contributed by atoms with E-state index >= 15 is 0 Å². The number of phenols is 1. The monoisotopic (exact) mass is 668 g/mol. The molecule has 182 valence electrons.